The van der Waals surface area contributed by atoms with E-state index in [1.165, 1.54) is 0 Å². The van der Waals surface area contributed by atoms with Crippen molar-refractivity contribution in [3.8, 4) is 0 Å². The van der Waals surface area contributed by atoms with Crippen LogP contribution in [0.3, 0.4) is 0 Å². The van der Waals surface area contributed by atoms with Gasteiger partial charge in [0.05, 0.1) is 18.3 Å². The van der Waals surface area contributed by atoms with E-state index >= 15 is 0 Å². The molecule has 0 aliphatic heterocycles. The molecule has 0 fully saturated rings. The van der Waals surface area contributed by atoms with Crippen molar-refractivity contribution in [1.82, 2.24) is 10.3 Å². The van der Waals surface area contributed by atoms with Gasteiger partial charge in [0.2, 0.25) is 0 Å². The summed E-state index contributed by atoms with van der Waals surface area (Å²) in [4.78, 5) is 3.96. The Kier molecular flexibility index (Phi) is 8.45. The topological polar surface area (TPSA) is 63.6 Å². The van der Waals surface area contributed by atoms with Crippen LogP contribution in [-0.4, -0.2) is 48.7 Å². The average molecular weight is 296 g/mol. The quantitative estimate of drug-likeness (QED) is 0.609. The molecule has 0 saturated heterocycles. The van der Waals surface area contributed by atoms with Crippen LogP contribution in [0.2, 0.25) is 0 Å². The third kappa shape index (κ3) is 8.78. The Bertz CT molecular complexity index is 371. The monoisotopic (exact) mass is 296 g/mol. The van der Waals surface area contributed by atoms with Gasteiger partial charge >= 0.3 is 0 Å². The van der Waals surface area contributed by atoms with Gasteiger partial charge in [0, 0.05) is 39.2 Å². The van der Waals surface area contributed by atoms with Crippen LogP contribution in [0, 0.1) is 0 Å². The van der Waals surface area contributed by atoms with Crippen molar-refractivity contribution >= 4 is 0 Å². The molecule has 1 atom stereocenters. The predicted molar refractivity (Wildman–Crippen MR) is 83.1 cm³/mol. The molecule has 2 N–H and O–H groups in total. The van der Waals surface area contributed by atoms with E-state index in [2.05, 4.69) is 24.1 Å². The highest BCUT2D eigenvalue weighted by Crippen LogP contribution is 2.14. The third-order valence-corrected chi connectivity index (χ3v) is 3.39. The second-order valence-corrected chi connectivity index (χ2v) is 5.78. The number of pyridine rings is 1. The summed E-state index contributed by atoms with van der Waals surface area (Å²) >= 11 is 0. The summed E-state index contributed by atoms with van der Waals surface area (Å²) in [6.45, 7) is 6.37. The molecule has 0 aliphatic rings. The highest BCUT2D eigenvalue weighted by molar-refractivity contribution is 5.08. The Labute approximate surface area is 127 Å². The van der Waals surface area contributed by atoms with E-state index in [0.29, 0.717) is 19.8 Å². The van der Waals surface area contributed by atoms with Crippen LogP contribution in [0.5, 0.6) is 0 Å². The first-order valence-electron chi connectivity index (χ1n) is 7.44. The van der Waals surface area contributed by atoms with E-state index in [4.69, 9.17) is 9.47 Å². The molecule has 5 heteroatoms. The number of aromatic nitrogens is 1. The predicted octanol–water partition coefficient (Wildman–Crippen LogP) is 1.75. The van der Waals surface area contributed by atoms with Gasteiger partial charge in [-0.3, -0.25) is 4.98 Å². The number of aliphatic hydroxyl groups excluding tert-OH is 1. The number of aliphatic hydroxyl groups is 1. The fraction of sp³-hybridized carbons (Fsp3) is 0.688. The largest absolute Gasteiger partial charge is 0.389 e. The zero-order chi connectivity index (χ0) is 15.6. The number of nitrogens with one attached hydrogen (secondary N) is 1. The highest BCUT2D eigenvalue weighted by atomic mass is 16.5. The van der Waals surface area contributed by atoms with Crippen LogP contribution < -0.4 is 5.32 Å². The van der Waals surface area contributed by atoms with Crippen molar-refractivity contribution in [2.75, 3.05) is 26.9 Å². The summed E-state index contributed by atoms with van der Waals surface area (Å²) in [5.41, 5.74) is 1.05. The molecular weight excluding hydrogens is 268 g/mol. The molecular formula is C16H28N2O3. The van der Waals surface area contributed by atoms with Crippen LogP contribution in [0.25, 0.3) is 0 Å². The first-order chi connectivity index (χ1) is 10.0. The average Bonchev–Trinajstić information content (AvgIpc) is 2.48. The van der Waals surface area contributed by atoms with Crippen molar-refractivity contribution in [2.45, 2.75) is 44.9 Å². The van der Waals surface area contributed by atoms with Gasteiger partial charge in [0.25, 0.3) is 0 Å². The minimum Gasteiger partial charge on any atom is -0.389 e. The normalized spacial score (nSPS) is 13.3. The smallest absolute Gasteiger partial charge is 0.0897 e. The van der Waals surface area contributed by atoms with Gasteiger partial charge in [-0.25, -0.2) is 0 Å². The SMILES string of the molecule is COC(C)(C)CCCOCC(O)CNCc1ccncc1. The number of methoxy groups -OCH3 is 1. The Hall–Kier alpha value is -1.01. The van der Waals surface area contributed by atoms with Gasteiger partial charge in [-0.15, -0.1) is 0 Å². The summed E-state index contributed by atoms with van der Waals surface area (Å²) in [5, 5.41) is 13.0. The summed E-state index contributed by atoms with van der Waals surface area (Å²) in [6, 6.07) is 3.90. The van der Waals surface area contributed by atoms with Crippen molar-refractivity contribution in [3.05, 3.63) is 30.1 Å². The number of nitrogens with zero attached hydrogens (tertiary/aromatic N) is 1. The second kappa shape index (κ2) is 9.84. The summed E-state index contributed by atoms with van der Waals surface area (Å²) in [6.07, 6.45) is 4.91. The zero-order valence-electron chi connectivity index (χ0n) is 13.3. The Morgan fingerprint density at radius 2 is 2.05 bits per heavy atom. The summed E-state index contributed by atoms with van der Waals surface area (Å²) in [5.74, 6) is 0. The zero-order valence-corrected chi connectivity index (χ0v) is 13.3. The van der Waals surface area contributed by atoms with Gasteiger partial charge in [0.15, 0.2) is 0 Å². The van der Waals surface area contributed by atoms with E-state index in [1.54, 1.807) is 19.5 Å². The number of hydrogen-bond donors (Lipinski definition) is 2. The van der Waals surface area contributed by atoms with Crippen LogP contribution in [0.1, 0.15) is 32.3 Å². The summed E-state index contributed by atoms with van der Waals surface area (Å²) < 4.78 is 10.8. The van der Waals surface area contributed by atoms with E-state index < -0.39 is 6.10 Å². The van der Waals surface area contributed by atoms with E-state index in [9.17, 15) is 5.11 Å². The molecule has 5 nitrogen and oxygen atoms in total. The Morgan fingerprint density at radius 3 is 2.71 bits per heavy atom. The lowest BCUT2D eigenvalue weighted by atomic mass is 10.0. The fourth-order valence-corrected chi connectivity index (χ4v) is 1.86. The molecule has 0 aromatic carbocycles. The van der Waals surface area contributed by atoms with Crippen LogP contribution in [0.15, 0.2) is 24.5 Å². The first-order valence-corrected chi connectivity index (χ1v) is 7.44. The molecule has 0 aliphatic carbocycles. The van der Waals surface area contributed by atoms with Crippen LogP contribution >= 0.6 is 0 Å². The molecule has 0 amide bonds. The molecule has 0 radical (unpaired) electrons. The molecule has 0 saturated carbocycles. The maximum atomic E-state index is 9.81. The van der Waals surface area contributed by atoms with Crippen LogP contribution in [0.4, 0.5) is 0 Å². The second-order valence-electron chi connectivity index (χ2n) is 5.78. The van der Waals surface area contributed by atoms with Crippen LogP contribution in [-0.2, 0) is 16.0 Å². The summed E-state index contributed by atoms with van der Waals surface area (Å²) in [7, 11) is 1.72. The molecule has 21 heavy (non-hydrogen) atoms. The van der Waals surface area contributed by atoms with E-state index in [0.717, 1.165) is 24.9 Å². The van der Waals surface area contributed by atoms with E-state index in [-0.39, 0.29) is 5.60 Å². The molecule has 1 aromatic heterocycles. The van der Waals surface area contributed by atoms with Crippen molar-refractivity contribution in [3.63, 3.8) is 0 Å². The van der Waals surface area contributed by atoms with Crippen molar-refractivity contribution in [1.29, 1.82) is 0 Å². The maximum Gasteiger partial charge on any atom is 0.0897 e. The molecule has 120 valence electrons. The lowest BCUT2D eigenvalue weighted by Gasteiger charge is -2.22. The number of rotatable bonds is 11. The maximum absolute atomic E-state index is 9.81. The molecule has 0 bridgehead atoms. The van der Waals surface area contributed by atoms with E-state index in [1.807, 2.05) is 12.1 Å². The Balaban J connectivity index is 2.00. The third-order valence-electron chi connectivity index (χ3n) is 3.39. The molecule has 0 spiro atoms. The van der Waals surface area contributed by atoms with Gasteiger partial charge in [0.1, 0.15) is 0 Å². The molecule has 1 rings (SSSR count). The van der Waals surface area contributed by atoms with Crippen molar-refractivity contribution in [2.24, 2.45) is 0 Å². The first kappa shape index (κ1) is 18.0. The standard InChI is InChI=1S/C16H28N2O3/c1-16(2,20-3)7-4-10-21-13-15(19)12-18-11-14-5-8-17-9-6-14/h5-6,8-9,15,18-19H,4,7,10-13H2,1-3H3. The number of hydrogen-bond acceptors (Lipinski definition) is 5. The molecule has 1 heterocycles. The molecule has 1 aromatic rings. The van der Waals surface area contributed by atoms with Gasteiger partial charge in [-0.05, 0) is 44.4 Å². The van der Waals surface area contributed by atoms with Gasteiger partial charge in [-0.2, -0.15) is 0 Å². The minimum absolute atomic E-state index is 0.103. The lowest BCUT2D eigenvalue weighted by molar-refractivity contribution is -0.00247. The molecule has 1 unspecified atom stereocenters. The van der Waals surface area contributed by atoms with Gasteiger partial charge in [-0.1, -0.05) is 0 Å². The highest BCUT2D eigenvalue weighted by Gasteiger charge is 2.15. The Morgan fingerprint density at radius 1 is 1.33 bits per heavy atom. The lowest BCUT2D eigenvalue weighted by Crippen LogP contribution is -2.30. The fourth-order valence-electron chi connectivity index (χ4n) is 1.86. The van der Waals surface area contributed by atoms with Crippen molar-refractivity contribution < 1.29 is 14.6 Å². The minimum atomic E-state index is -0.484. The number of ether oxygens (including phenoxy) is 2. The van der Waals surface area contributed by atoms with Gasteiger partial charge < -0.3 is 19.9 Å².